The van der Waals surface area contributed by atoms with Crippen LogP contribution < -0.4 is 10.6 Å². The van der Waals surface area contributed by atoms with Gasteiger partial charge in [-0.2, -0.15) is 0 Å². The third kappa shape index (κ3) is 5.65. The highest BCUT2D eigenvalue weighted by molar-refractivity contribution is 6.30. The summed E-state index contributed by atoms with van der Waals surface area (Å²) in [6.07, 6.45) is 1.06. The summed E-state index contributed by atoms with van der Waals surface area (Å²) in [4.78, 5) is 6.77. The molecule has 2 unspecified atom stereocenters. The molecular formula is C18H29ClN4O. The fourth-order valence-electron chi connectivity index (χ4n) is 2.78. The Balaban J connectivity index is 2.08. The molecule has 6 heteroatoms. The summed E-state index contributed by atoms with van der Waals surface area (Å²) < 4.78 is 5.50. The first-order valence-electron chi connectivity index (χ1n) is 8.68. The minimum atomic E-state index is 0.239. The average Bonchev–Trinajstić information content (AvgIpc) is 2.61. The SMILES string of the molecule is CCC(C)NC(=NC)NCC(c1cccc(Cl)c1)N1CCOCC1. The number of rotatable bonds is 6. The minimum Gasteiger partial charge on any atom is -0.379 e. The van der Waals surface area contributed by atoms with E-state index in [2.05, 4.69) is 40.4 Å². The lowest BCUT2D eigenvalue weighted by Crippen LogP contribution is -2.47. The number of nitrogens with zero attached hydrogens (tertiary/aromatic N) is 2. The number of aliphatic imine (C=N–C) groups is 1. The molecule has 2 atom stereocenters. The highest BCUT2D eigenvalue weighted by Gasteiger charge is 2.23. The lowest BCUT2D eigenvalue weighted by atomic mass is 10.0. The third-order valence-corrected chi connectivity index (χ3v) is 4.64. The van der Waals surface area contributed by atoms with E-state index in [1.807, 2.05) is 18.2 Å². The summed E-state index contributed by atoms with van der Waals surface area (Å²) in [5.41, 5.74) is 1.22. The molecule has 1 aliphatic rings. The van der Waals surface area contributed by atoms with Crippen molar-refractivity contribution in [2.45, 2.75) is 32.4 Å². The third-order valence-electron chi connectivity index (χ3n) is 4.40. The van der Waals surface area contributed by atoms with Crippen LogP contribution in [-0.2, 0) is 4.74 Å². The number of halogens is 1. The number of nitrogens with one attached hydrogen (secondary N) is 2. The van der Waals surface area contributed by atoms with Crippen molar-refractivity contribution >= 4 is 17.6 Å². The molecule has 2 N–H and O–H groups in total. The van der Waals surface area contributed by atoms with Crippen molar-refractivity contribution in [1.82, 2.24) is 15.5 Å². The van der Waals surface area contributed by atoms with Gasteiger partial charge in [0.1, 0.15) is 0 Å². The van der Waals surface area contributed by atoms with Crippen LogP contribution in [0.1, 0.15) is 31.9 Å². The van der Waals surface area contributed by atoms with E-state index in [0.29, 0.717) is 6.04 Å². The summed E-state index contributed by atoms with van der Waals surface area (Å²) in [5.74, 6) is 0.838. The Morgan fingerprint density at radius 3 is 2.75 bits per heavy atom. The molecule has 0 amide bonds. The van der Waals surface area contributed by atoms with E-state index in [1.165, 1.54) is 5.56 Å². The van der Waals surface area contributed by atoms with Gasteiger partial charge in [0.15, 0.2) is 5.96 Å². The standard InChI is InChI=1S/C18H29ClN4O/c1-4-14(2)22-18(20-3)21-13-17(23-8-10-24-11-9-23)15-6-5-7-16(19)12-15/h5-7,12,14,17H,4,8-11,13H2,1-3H3,(H2,20,21,22). The molecule has 1 saturated heterocycles. The van der Waals surface area contributed by atoms with Gasteiger partial charge in [0, 0.05) is 37.7 Å². The molecular weight excluding hydrogens is 324 g/mol. The zero-order chi connectivity index (χ0) is 17.4. The van der Waals surface area contributed by atoms with Crippen LogP contribution in [0, 0.1) is 0 Å². The van der Waals surface area contributed by atoms with Gasteiger partial charge in [0.25, 0.3) is 0 Å². The van der Waals surface area contributed by atoms with Crippen LogP contribution in [-0.4, -0.2) is 56.8 Å². The number of ether oxygens (including phenoxy) is 1. The normalized spacial score (nSPS) is 18.9. The predicted molar refractivity (Wildman–Crippen MR) is 101 cm³/mol. The number of morpholine rings is 1. The largest absolute Gasteiger partial charge is 0.379 e. The molecule has 1 fully saturated rings. The van der Waals surface area contributed by atoms with E-state index in [1.54, 1.807) is 7.05 Å². The molecule has 1 heterocycles. The quantitative estimate of drug-likeness (QED) is 0.610. The van der Waals surface area contributed by atoms with Crippen molar-refractivity contribution in [3.8, 4) is 0 Å². The molecule has 0 aromatic heterocycles. The molecule has 1 aliphatic heterocycles. The van der Waals surface area contributed by atoms with Crippen molar-refractivity contribution in [3.63, 3.8) is 0 Å². The maximum atomic E-state index is 6.21. The van der Waals surface area contributed by atoms with Crippen LogP contribution in [0.4, 0.5) is 0 Å². The van der Waals surface area contributed by atoms with E-state index in [9.17, 15) is 0 Å². The monoisotopic (exact) mass is 352 g/mol. The molecule has 0 aliphatic carbocycles. The maximum Gasteiger partial charge on any atom is 0.191 e. The number of guanidine groups is 1. The van der Waals surface area contributed by atoms with Gasteiger partial charge in [0.2, 0.25) is 0 Å². The van der Waals surface area contributed by atoms with Gasteiger partial charge in [-0.1, -0.05) is 30.7 Å². The zero-order valence-electron chi connectivity index (χ0n) is 14.9. The van der Waals surface area contributed by atoms with Gasteiger partial charge < -0.3 is 15.4 Å². The summed E-state index contributed by atoms with van der Waals surface area (Å²) in [6, 6.07) is 8.75. The van der Waals surface area contributed by atoms with Crippen LogP contribution in [0.25, 0.3) is 0 Å². The van der Waals surface area contributed by atoms with E-state index in [-0.39, 0.29) is 6.04 Å². The highest BCUT2D eigenvalue weighted by Crippen LogP contribution is 2.23. The second kappa shape index (κ2) is 9.87. The zero-order valence-corrected chi connectivity index (χ0v) is 15.6. The Morgan fingerprint density at radius 1 is 1.38 bits per heavy atom. The van der Waals surface area contributed by atoms with Gasteiger partial charge in [-0.25, -0.2) is 0 Å². The van der Waals surface area contributed by atoms with E-state index < -0.39 is 0 Å². The van der Waals surface area contributed by atoms with E-state index in [4.69, 9.17) is 16.3 Å². The lowest BCUT2D eigenvalue weighted by Gasteiger charge is -2.35. The van der Waals surface area contributed by atoms with Crippen LogP contribution in [0.15, 0.2) is 29.3 Å². The van der Waals surface area contributed by atoms with Crippen molar-refractivity contribution < 1.29 is 4.74 Å². The molecule has 1 aromatic carbocycles. The fourth-order valence-corrected chi connectivity index (χ4v) is 2.98. The molecule has 0 saturated carbocycles. The Hall–Kier alpha value is -1.30. The fraction of sp³-hybridized carbons (Fsp3) is 0.611. The topological polar surface area (TPSA) is 48.9 Å². The van der Waals surface area contributed by atoms with Crippen molar-refractivity contribution in [2.75, 3.05) is 39.9 Å². The van der Waals surface area contributed by atoms with E-state index in [0.717, 1.165) is 50.3 Å². The van der Waals surface area contributed by atoms with Crippen molar-refractivity contribution in [3.05, 3.63) is 34.9 Å². The molecule has 5 nitrogen and oxygen atoms in total. The van der Waals surface area contributed by atoms with Crippen LogP contribution in [0.3, 0.4) is 0 Å². The average molecular weight is 353 g/mol. The van der Waals surface area contributed by atoms with Crippen molar-refractivity contribution in [1.29, 1.82) is 0 Å². The van der Waals surface area contributed by atoms with E-state index >= 15 is 0 Å². The predicted octanol–water partition coefficient (Wildman–Crippen LogP) is 2.68. The first-order valence-corrected chi connectivity index (χ1v) is 9.06. The Bertz CT molecular complexity index is 532. The number of hydrogen-bond donors (Lipinski definition) is 2. The lowest BCUT2D eigenvalue weighted by molar-refractivity contribution is 0.0170. The second-order valence-electron chi connectivity index (χ2n) is 6.13. The van der Waals surface area contributed by atoms with Crippen LogP contribution in [0.2, 0.25) is 5.02 Å². The first kappa shape index (κ1) is 19.0. The second-order valence-corrected chi connectivity index (χ2v) is 6.56. The Kier molecular flexibility index (Phi) is 7.82. The highest BCUT2D eigenvalue weighted by atomic mass is 35.5. The molecule has 24 heavy (non-hydrogen) atoms. The first-order chi connectivity index (χ1) is 11.6. The molecule has 0 radical (unpaired) electrons. The summed E-state index contributed by atoms with van der Waals surface area (Å²) in [7, 11) is 1.81. The minimum absolute atomic E-state index is 0.239. The van der Waals surface area contributed by atoms with Crippen molar-refractivity contribution in [2.24, 2.45) is 4.99 Å². The Morgan fingerprint density at radius 2 is 2.12 bits per heavy atom. The smallest absolute Gasteiger partial charge is 0.191 e. The summed E-state index contributed by atoms with van der Waals surface area (Å²) in [5, 5.41) is 7.64. The van der Waals surface area contributed by atoms with Gasteiger partial charge in [-0.3, -0.25) is 9.89 Å². The molecule has 1 aromatic rings. The number of benzene rings is 1. The van der Waals surface area contributed by atoms with Crippen LogP contribution in [0.5, 0.6) is 0 Å². The van der Waals surface area contributed by atoms with Gasteiger partial charge in [-0.15, -0.1) is 0 Å². The van der Waals surface area contributed by atoms with Gasteiger partial charge in [-0.05, 0) is 31.0 Å². The summed E-state index contributed by atoms with van der Waals surface area (Å²) >= 11 is 6.21. The Labute approximate surface area is 150 Å². The maximum absolute atomic E-state index is 6.21. The number of hydrogen-bond acceptors (Lipinski definition) is 3. The molecule has 134 valence electrons. The molecule has 2 rings (SSSR count). The van der Waals surface area contributed by atoms with Crippen LogP contribution >= 0.6 is 11.6 Å². The molecule has 0 spiro atoms. The van der Waals surface area contributed by atoms with Gasteiger partial charge >= 0.3 is 0 Å². The van der Waals surface area contributed by atoms with Gasteiger partial charge in [0.05, 0.1) is 19.3 Å². The summed E-state index contributed by atoms with van der Waals surface area (Å²) in [6.45, 7) is 8.49. The molecule has 0 bridgehead atoms.